The van der Waals surface area contributed by atoms with E-state index in [1.807, 2.05) is 25.1 Å². The standard InChI is InChI=1S/C19H25N3O4S2/c1-14(19(23)20-16-5-3-6-17(13-16)26-2)22-10-8-15(9-11-22)21-28(24,25)18-7-4-12-27-18/h3-7,12-15,21H,8-11H2,1-2H3,(H,20,23). The van der Waals surface area contributed by atoms with Gasteiger partial charge in [-0.1, -0.05) is 12.1 Å². The summed E-state index contributed by atoms with van der Waals surface area (Å²) in [6, 6.07) is 10.1. The van der Waals surface area contributed by atoms with E-state index in [2.05, 4.69) is 14.9 Å². The molecule has 2 aromatic rings. The van der Waals surface area contributed by atoms with Gasteiger partial charge in [-0.2, -0.15) is 0 Å². The highest BCUT2D eigenvalue weighted by Gasteiger charge is 2.29. The molecule has 1 saturated heterocycles. The maximum atomic E-state index is 12.6. The number of ether oxygens (including phenoxy) is 1. The predicted molar refractivity (Wildman–Crippen MR) is 110 cm³/mol. The number of nitrogens with one attached hydrogen (secondary N) is 2. The van der Waals surface area contributed by atoms with Gasteiger partial charge in [-0.3, -0.25) is 9.69 Å². The summed E-state index contributed by atoms with van der Waals surface area (Å²) in [5, 5.41) is 4.66. The summed E-state index contributed by atoms with van der Waals surface area (Å²) in [6.45, 7) is 3.18. The van der Waals surface area contributed by atoms with Crippen molar-refractivity contribution in [3.05, 3.63) is 41.8 Å². The van der Waals surface area contributed by atoms with E-state index < -0.39 is 10.0 Å². The Balaban J connectivity index is 1.51. The fourth-order valence-corrected chi connectivity index (χ4v) is 5.53. The third-order valence-electron chi connectivity index (χ3n) is 4.88. The van der Waals surface area contributed by atoms with Crippen LogP contribution in [-0.4, -0.2) is 51.5 Å². The highest BCUT2D eigenvalue weighted by atomic mass is 32.2. The monoisotopic (exact) mass is 423 g/mol. The van der Waals surface area contributed by atoms with Crippen molar-refractivity contribution in [1.82, 2.24) is 9.62 Å². The Hall–Kier alpha value is -1.94. The molecule has 1 amide bonds. The van der Waals surface area contributed by atoms with Gasteiger partial charge in [-0.25, -0.2) is 13.1 Å². The molecule has 1 atom stereocenters. The summed E-state index contributed by atoms with van der Waals surface area (Å²) in [7, 11) is -1.88. The van der Waals surface area contributed by atoms with Gasteiger partial charge in [0, 0.05) is 30.9 Å². The van der Waals surface area contributed by atoms with Crippen molar-refractivity contribution < 1.29 is 17.9 Å². The molecule has 0 bridgehead atoms. The van der Waals surface area contributed by atoms with Crippen molar-refractivity contribution in [2.75, 3.05) is 25.5 Å². The van der Waals surface area contributed by atoms with Crippen molar-refractivity contribution in [1.29, 1.82) is 0 Å². The zero-order valence-electron chi connectivity index (χ0n) is 15.9. The Morgan fingerprint density at radius 1 is 1.25 bits per heavy atom. The number of anilines is 1. The van der Waals surface area contributed by atoms with E-state index in [4.69, 9.17) is 4.74 Å². The molecule has 28 heavy (non-hydrogen) atoms. The third kappa shape index (κ3) is 5.11. The van der Waals surface area contributed by atoms with Crippen LogP contribution in [0.4, 0.5) is 5.69 Å². The van der Waals surface area contributed by atoms with E-state index >= 15 is 0 Å². The van der Waals surface area contributed by atoms with Gasteiger partial charge in [-0.15, -0.1) is 11.3 Å². The molecule has 3 rings (SSSR count). The first kappa shape index (κ1) is 20.8. The number of hydrogen-bond donors (Lipinski definition) is 2. The van der Waals surface area contributed by atoms with E-state index in [0.717, 1.165) is 0 Å². The predicted octanol–water partition coefficient (Wildman–Crippen LogP) is 2.53. The number of thiophene rings is 1. The highest BCUT2D eigenvalue weighted by molar-refractivity contribution is 7.91. The van der Waals surface area contributed by atoms with Gasteiger partial charge >= 0.3 is 0 Å². The first-order valence-corrected chi connectivity index (χ1v) is 11.5. The third-order valence-corrected chi connectivity index (χ3v) is 7.79. The number of carbonyl (C=O) groups excluding carboxylic acids is 1. The van der Waals surface area contributed by atoms with Crippen molar-refractivity contribution in [3.8, 4) is 5.75 Å². The average molecular weight is 424 g/mol. The maximum absolute atomic E-state index is 12.6. The minimum atomic E-state index is -3.46. The molecule has 1 aliphatic rings. The van der Waals surface area contributed by atoms with Gasteiger partial charge in [0.25, 0.3) is 0 Å². The van der Waals surface area contributed by atoms with Crippen LogP contribution in [0.5, 0.6) is 5.75 Å². The second kappa shape index (κ2) is 9.04. The number of amides is 1. The smallest absolute Gasteiger partial charge is 0.250 e. The molecule has 0 spiro atoms. The van der Waals surface area contributed by atoms with Crippen molar-refractivity contribution in [2.45, 2.75) is 36.1 Å². The Labute approximate surface area is 169 Å². The number of sulfonamides is 1. The van der Waals surface area contributed by atoms with Crippen molar-refractivity contribution >= 4 is 33.0 Å². The summed E-state index contributed by atoms with van der Waals surface area (Å²) < 4.78 is 33.0. The number of carbonyl (C=O) groups is 1. The van der Waals surface area contributed by atoms with Crippen LogP contribution < -0.4 is 14.8 Å². The second-order valence-electron chi connectivity index (χ2n) is 6.76. The number of hydrogen-bond acceptors (Lipinski definition) is 6. The second-order valence-corrected chi connectivity index (χ2v) is 9.65. The zero-order valence-corrected chi connectivity index (χ0v) is 17.6. The normalized spacial score (nSPS) is 17.2. The molecule has 0 aliphatic carbocycles. The van der Waals surface area contributed by atoms with Crippen LogP contribution in [0.2, 0.25) is 0 Å². The molecule has 2 heterocycles. The molecule has 9 heteroatoms. The van der Waals surface area contributed by atoms with Gasteiger partial charge in [0.2, 0.25) is 15.9 Å². The Morgan fingerprint density at radius 2 is 2.00 bits per heavy atom. The van der Waals surface area contributed by atoms with Crippen LogP contribution in [0.3, 0.4) is 0 Å². The van der Waals surface area contributed by atoms with Gasteiger partial charge < -0.3 is 10.1 Å². The van der Waals surface area contributed by atoms with E-state index in [9.17, 15) is 13.2 Å². The van der Waals surface area contributed by atoms with Gasteiger partial charge in [0.15, 0.2) is 0 Å². The molecule has 2 N–H and O–H groups in total. The molecule has 152 valence electrons. The van der Waals surface area contributed by atoms with Gasteiger partial charge in [-0.05, 0) is 43.3 Å². The van der Waals surface area contributed by atoms with Crippen LogP contribution in [0.15, 0.2) is 46.0 Å². The number of methoxy groups -OCH3 is 1. The summed E-state index contributed by atoms with van der Waals surface area (Å²) in [5.41, 5.74) is 0.690. The lowest BCUT2D eigenvalue weighted by atomic mass is 10.0. The van der Waals surface area contributed by atoms with Gasteiger partial charge in [0.05, 0.1) is 13.2 Å². The first-order valence-electron chi connectivity index (χ1n) is 9.14. The number of piperidine rings is 1. The number of likely N-dealkylation sites (tertiary alicyclic amines) is 1. The molecular formula is C19H25N3O4S2. The molecule has 0 radical (unpaired) electrons. The highest BCUT2D eigenvalue weighted by Crippen LogP contribution is 2.21. The first-order chi connectivity index (χ1) is 13.4. The minimum absolute atomic E-state index is 0.0918. The lowest BCUT2D eigenvalue weighted by Gasteiger charge is -2.35. The van der Waals surface area contributed by atoms with E-state index in [1.54, 1.807) is 30.7 Å². The van der Waals surface area contributed by atoms with Crippen LogP contribution in [0.1, 0.15) is 19.8 Å². The average Bonchev–Trinajstić information content (AvgIpc) is 3.24. The minimum Gasteiger partial charge on any atom is -0.497 e. The fraction of sp³-hybridized carbons (Fsp3) is 0.421. The maximum Gasteiger partial charge on any atom is 0.250 e. The Kier molecular flexibility index (Phi) is 6.71. The Bertz CT molecular complexity index is 892. The van der Waals surface area contributed by atoms with Crippen LogP contribution in [0.25, 0.3) is 0 Å². The van der Waals surface area contributed by atoms with Crippen molar-refractivity contribution in [2.24, 2.45) is 0 Å². The number of rotatable bonds is 7. The van der Waals surface area contributed by atoms with Crippen LogP contribution >= 0.6 is 11.3 Å². The summed E-state index contributed by atoms with van der Waals surface area (Å²) >= 11 is 1.21. The molecule has 1 fully saturated rings. The molecule has 1 aliphatic heterocycles. The number of nitrogens with zero attached hydrogens (tertiary/aromatic N) is 1. The quantitative estimate of drug-likeness (QED) is 0.715. The largest absolute Gasteiger partial charge is 0.497 e. The zero-order chi connectivity index (χ0) is 20.1. The summed E-state index contributed by atoms with van der Waals surface area (Å²) in [6.07, 6.45) is 1.34. The van der Waals surface area contributed by atoms with E-state index in [0.29, 0.717) is 41.6 Å². The number of benzene rings is 1. The van der Waals surface area contributed by atoms with E-state index in [1.165, 1.54) is 11.3 Å². The van der Waals surface area contributed by atoms with Crippen LogP contribution in [0, 0.1) is 0 Å². The molecular weight excluding hydrogens is 398 g/mol. The topological polar surface area (TPSA) is 87.7 Å². The van der Waals surface area contributed by atoms with Crippen LogP contribution in [-0.2, 0) is 14.8 Å². The lowest BCUT2D eigenvalue weighted by Crippen LogP contribution is -2.50. The SMILES string of the molecule is COc1cccc(NC(=O)C(C)N2CCC(NS(=O)(=O)c3cccs3)CC2)c1. The molecule has 0 saturated carbocycles. The molecule has 1 unspecified atom stereocenters. The molecule has 1 aromatic carbocycles. The summed E-state index contributed by atoms with van der Waals surface area (Å²) in [5.74, 6) is 0.593. The molecule has 1 aromatic heterocycles. The summed E-state index contributed by atoms with van der Waals surface area (Å²) in [4.78, 5) is 14.6. The van der Waals surface area contributed by atoms with Crippen molar-refractivity contribution in [3.63, 3.8) is 0 Å². The molecule has 7 nitrogen and oxygen atoms in total. The lowest BCUT2D eigenvalue weighted by molar-refractivity contribution is -0.121. The van der Waals surface area contributed by atoms with Gasteiger partial charge in [0.1, 0.15) is 9.96 Å². The Morgan fingerprint density at radius 3 is 2.64 bits per heavy atom. The fourth-order valence-electron chi connectivity index (χ4n) is 3.21. The van der Waals surface area contributed by atoms with E-state index in [-0.39, 0.29) is 18.0 Å².